The van der Waals surface area contributed by atoms with E-state index in [-0.39, 0.29) is 6.61 Å². The molecule has 18 heavy (non-hydrogen) atoms. The molecule has 0 saturated carbocycles. The number of aromatic nitrogens is 1. The Morgan fingerprint density at radius 2 is 2.22 bits per heavy atom. The average molecular weight is 263 g/mol. The van der Waals surface area contributed by atoms with Gasteiger partial charge in [-0.2, -0.15) is 0 Å². The Kier molecular flexibility index (Phi) is 4.33. The van der Waals surface area contributed by atoms with Crippen LogP contribution in [0.3, 0.4) is 0 Å². The Morgan fingerprint density at radius 1 is 1.39 bits per heavy atom. The van der Waals surface area contributed by atoms with Crippen molar-refractivity contribution in [2.75, 3.05) is 13.2 Å². The van der Waals surface area contributed by atoms with Crippen molar-refractivity contribution in [3.05, 3.63) is 34.8 Å². The summed E-state index contributed by atoms with van der Waals surface area (Å²) in [5.41, 5.74) is 2.07. The normalized spacial score (nSPS) is 10.6. The summed E-state index contributed by atoms with van der Waals surface area (Å²) in [5, 5.41) is 9.98. The topological polar surface area (TPSA) is 42.4 Å². The van der Waals surface area contributed by atoms with E-state index in [1.165, 1.54) is 0 Å². The lowest BCUT2D eigenvalue weighted by Gasteiger charge is -2.03. The molecule has 96 valence electrons. The van der Waals surface area contributed by atoms with Crippen LogP contribution in [0.5, 0.6) is 5.75 Å². The van der Waals surface area contributed by atoms with E-state index in [0.717, 1.165) is 26.9 Å². The van der Waals surface area contributed by atoms with Crippen molar-refractivity contribution in [3.8, 4) is 16.3 Å². The van der Waals surface area contributed by atoms with Crippen LogP contribution in [-0.4, -0.2) is 23.3 Å². The molecule has 0 spiro atoms. The van der Waals surface area contributed by atoms with Crippen LogP contribution < -0.4 is 4.74 Å². The Bertz CT molecular complexity index is 522. The summed E-state index contributed by atoms with van der Waals surface area (Å²) >= 11 is 1.64. The Hall–Kier alpha value is -1.39. The first-order chi connectivity index (χ1) is 8.74. The van der Waals surface area contributed by atoms with Crippen LogP contribution in [0.25, 0.3) is 10.6 Å². The third-order valence-corrected chi connectivity index (χ3v) is 3.89. The van der Waals surface area contributed by atoms with Crippen LogP contribution in [0.15, 0.2) is 24.3 Å². The predicted molar refractivity (Wildman–Crippen MR) is 74.2 cm³/mol. The summed E-state index contributed by atoms with van der Waals surface area (Å²) in [6, 6.07) is 7.96. The summed E-state index contributed by atoms with van der Waals surface area (Å²) < 4.78 is 5.49. The highest BCUT2D eigenvalue weighted by molar-refractivity contribution is 7.15. The Morgan fingerprint density at radius 3 is 2.94 bits per heavy atom. The van der Waals surface area contributed by atoms with E-state index < -0.39 is 0 Å². The van der Waals surface area contributed by atoms with Crippen molar-refractivity contribution >= 4 is 11.3 Å². The molecule has 0 aliphatic rings. The molecule has 0 saturated heterocycles. The quantitative estimate of drug-likeness (QED) is 0.901. The zero-order chi connectivity index (χ0) is 13.0. The van der Waals surface area contributed by atoms with Gasteiger partial charge in [0.05, 0.1) is 12.3 Å². The number of nitrogens with zero attached hydrogens (tertiary/aromatic N) is 1. The molecule has 0 amide bonds. The molecule has 4 heteroatoms. The van der Waals surface area contributed by atoms with Gasteiger partial charge in [0.2, 0.25) is 0 Å². The van der Waals surface area contributed by atoms with Gasteiger partial charge in [-0.3, -0.25) is 0 Å². The minimum atomic E-state index is 0.168. The molecular weight excluding hydrogens is 246 g/mol. The Balaban J connectivity index is 2.30. The molecule has 0 fully saturated rings. The Labute approximate surface area is 111 Å². The number of aliphatic hydroxyl groups is 1. The second kappa shape index (κ2) is 5.98. The van der Waals surface area contributed by atoms with Crippen molar-refractivity contribution in [1.82, 2.24) is 4.98 Å². The fraction of sp³-hybridized carbons (Fsp3) is 0.357. The van der Waals surface area contributed by atoms with E-state index in [2.05, 4.69) is 4.98 Å². The molecular formula is C14H17NO2S. The minimum Gasteiger partial charge on any atom is -0.494 e. The third kappa shape index (κ3) is 2.89. The van der Waals surface area contributed by atoms with E-state index in [4.69, 9.17) is 9.84 Å². The van der Waals surface area contributed by atoms with Crippen LogP contribution in [0.2, 0.25) is 0 Å². The van der Waals surface area contributed by atoms with Crippen molar-refractivity contribution in [3.63, 3.8) is 0 Å². The standard InChI is InChI=1S/C14H17NO2S/c1-3-17-12-6-4-5-11(9-12)14-15-10(2)13(18-14)7-8-16/h4-6,9,16H,3,7-8H2,1-2H3. The fourth-order valence-electron chi connectivity index (χ4n) is 1.77. The molecule has 0 radical (unpaired) electrons. The maximum absolute atomic E-state index is 9.00. The number of hydrogen-bond acceptors (Lipinski definition) is 4. The first-order valence-corrected chi connectivity index (χ1v) is 6.86. The van der Waals surface area contributed by atoms with E-state index in [1.807, 2.05) is 38.1 Å². The molecule has 1 heterocycles. The molecule has 1 aromatic heterocycles. The maximum atomic E-state index is 9.00. The van der Waals surface area contributed by atoms with Gasteiger partial charge in [-0.1, -0.05) is 12.1 Å². The minimum absolute atomic E-state index is 0.168. The molecule has 0 atom stereocenters. The van der Waals surface area contributed by atoms with Crippen molar-refractivity contribution in [1.29, 1.82) is 0 Å². The highest BCUT2D eigenvalue weighted by Gasteiger charge is 2.09. The third-order valence-electron chi connectivity index (χ3n) is 2.62. The van der Waals surface area contributed by atoms with Crippen molar-refractivity contribution in [2.24, 2.45) is 0 Å². The van der Waals surface area contributed by atoms with Gasteiger partial charge in [-0.25, -0.2) is 4.98 Å². The van der Waals surface area contributed by atoms with E-state index >= 15 is 0 Å². The lowest BCUT2D eigenvalue weighted by atomic mass is 10.2. The molecule has 0 bridgehead atoms. The molecule has 0 unspecified atom stereocenters. The number of benzene rings is 1. The molecule has 2 aromatic rings. The van der Waals surface area contributed by atoms with Crippen LogP contribution in [0, 0.1) is 6.92 Å². The van der Waals surface area contributed by atoms with Crippen LogP contribution >= 0.6 is 11.3 Å². The zero-order valence-corrected chi connectivity index (χ0v) is 11.5. The van der Waals surface area contributed by atoms with Crippen molar-refractivity contribution in [2.45, 2.75) is 20.3 Å². The highest BCUT2D eigenvalue weighted by Crippen LogP contribution is 2.30. The molecule has 0 aliphatic heterocycles. The van der Waals surface area contributed by atoms with Crippen molar-refractivity contribution < 1.29 is 9.84 Å². The number of thiazole rings is 1. The number of ether oxygens (including phenoxy) is 1. The van der Waals surface area contributed by atoms with Gasteiger partial charge in [0, 0.05) is 23.5 Å². The first-order valence-electron chi connectivity index (χ1n) is 6.05. The summed E-state index contributed by atoms with van der Waals surface area (Å²) in [4.78, 5) is 5.70. The van der Waals surface area contributed by atoms with E-state index in [9.17, 15) is 0 Å². The van der Waals surface area contributed by atoms with Gasteiger partial charge in [0.1, 0.15) is 10.8 Å². The lowest BCUT2D eigenvalue weighted by Crippen LogP contribution is -1.91. The predicted octanol–water partition coefficient (Wildman–Crippen LogP) is 3.05. The second-order valence-electron chi connectivity index (χ2n) is 3.96. The molecule has 1 aromatic carbocycles. The van der Waals surface area contributed by atoms with Gasteiger partial charge in [0.25, 0.3) is 0 Å². The number of hydrogen-bond donors (Lipinski definition) is 1. The van der Waals surface area contributed by atoms with Gasteiger partial charge in [0.15, 0.2) is 0 Å². The lowest BCUT2D eigenvalue weighted by molar-refractivity contribution is 0.300. The smallest absolute Gasteiger partial charge is 0.123 e. The molecule has 0 aliphatic carbocycles. The fourth-order valence-corrected chi connectivity index (χ4v) is 2.82. The van der Waals surface area contributed by atoms with Crippen LogP contribution in [0.1, 0.15) is 17.5 Å². The number of aliphatic hydroxyl groups excluding tert-OH is 1. The average Bonchev–Trinajstić information content (AvgIpc) is 2.73. The summed E-state index contributed by atoms with van der Waals surface area (Å²) in [5.74, 6) is 0.867. The zero-order valence-electron chi connectivity index (χ0n) is 10.6. The second-order valence-corrected chi connectivity index (χ2v) is 5.05. The van der Waals surface area contributed by atoms with E-state index in [1.54, 1.807) is 11.3 Å². The van der Waals surface area contributed by atoms with Gasteiger partial charge < -0.3 is 9.84 Å². The largest absolute Gasteiger partial charge is 0.494 e. The molecule has 2 rings (SSSR count). The van der Waals surface area contributed by atoms with Gasteiger partial charge in [-0.05, 0) is 26.0 Å². The SMILES string of the molecule is CCOc1cccc(-c2nc(C)c(CCO)s2)c1. The molecule has 1 N–H and O–H groups in total. The van der Waals surface area contributed by atoms with Gasteiger partial charge in [-0.15, -0.1) is 11.3 Å². The summed E-state index contributed by atoms with van der Waals surface area (Å²) in [6.45, 7) is 4.79. The first kappa shape index (κ1) is 13.1. The number of rotatable bonds is 5. The summed E-state index contributed by atoms with van der Waals surface area (Å²) in [6.07, 6.45) is 0.675. The van der Waals surface area contributed by atoms with Crippen LogP contribution in [-0.2, 0) is 6.42 Å². The molecule has 3 nitrogen and oxygen atoms in total. The summed E-state index contributed by atoms with van der Waals surface area (Å²) in [7, 11) is 0. The van der Waals surface area contributed by atoms with E-state index in [0.29, 0.717) is 13.0 Å². The highest BCUT2D eigenvalue weighted by atomic mass is 32.1. The van der Waals surface area contributed by atoms with Crippen LogP contribution in [0.4, 0.5) is 0 Å². The van der Waals surface area contributed by atoms with Gasteiger partial charge >= 0.3 is 0 Å². The number of aryl methyl sites for hydroxylation is 1. The maximum Gasteiger partial charge on any atom is 0.123 e. The monoisotopic (exact) mass is 263 g/mol.